The quantitative estimate of drug-likeness (QED) is 0.282. The number of carbonyl (C=O) groups is 1. The van der Waals surface area contributed by atoms with Crippen LogP contribution in [0.4, 0.5) is 0 Å². The van der Waals surface area contributed by atoms with Gasteiger partial charge in [-0.15, -0.1) is 0 Å². The van der Waals surface area contributed by atoms with Gasteiger partial charge in [0.2, 0.25) is 0 Å². The van der Waals surface area contributed by atoms with Crippen LogP contribution in [-0.4, -0.2) is 106 Å². The van der Waals surface area contributed by atoms with Crippen LogP contribution in [0.15, 0.2) is 0 Å². The summed E-state index contributed by atoms with van der Waals surface area (Å²) in [4.78, 5) is 11.3. The van der Waals surface area contributed by atoms with Crippen LogP contribution in [0.3, 0.4) is 0 Å². The average Bonchev–Trinajstić information content (AvgIpc) is 2.58. The molecule has 0 aromatic rings. The second kappa shape index (κ2) is 8.20. The van der Waals surface area contributed by atoms with Gasteiger partial charge in [-0.25, -0.2) is 4.79 Å². The monoisotopic (exact) mass is 367 g/mol. The number of nitrogens with two attached hydrogens (primary N) is 1. The molecule has 7 N–H and O–H groups in total. The van der Waals surface area contributed by atoms with E-state index in [-0.39, 0.29) is 0 Å². The SMILES string of the molecule is CO[C@@H]1C(C(=O)O)O[C@@H](OC2C(N)[C@H](C)OC(CO)[C@H]2O)C(O)C1O. The van der Waals surface area contributed by atoms with E-state index in [4.69, 9.17) is 24.7 Å². The van der Waals surface area contributed by atoms with Crippen LogP contribution in [0.5, 0.6) is 0 Å². The summed E-state index contributed by atoms with van der Waals surface area (Å²) >= 11 is 0. The highest BCUT2D eigenvalue weighted by molar-refractivity contribution is 5.73. The van der Waals surface area contributed by atoms with Crippen molar-refractivity contribution in [1.82, 2.24) is 0 Å². The number of methoxy groups -OCH3 is 1. The van der Waals surface area contributed by atoms with Crippen molar-refractivity contribution >= 4 is 5.97 Å². The summed E-state index contributed by atoms with van der Waals surface area (Å²) in [5.74, 6) is -1.41. The molecular formula is C14H25NO10. The van der Waals surface area contributed by atoms with Gasteiger partial charge in [0.15, 0.2) is 12.4 Å². The Balaban J connectivity index is 2.17. The van der Waals surface area contributed by atoms with E-state index in [0.29, 0.717) is 0 Å². The zero-order chi connectivity index (χ0) is 18.9. The highest BCUT2D eigenvalue weighted by Crippen LogP contribution is 2.29. The van der Waals surface area contributed by atoms with Crippen LogP contribution in [0.1, 0.15) is 6.92 Å². The average molecular weight is 367 g/mol. The highest BCUT2D eigenvalue weighted by Gasteiger charge is 2.51. The molecule has 0 aromatic carbocycles. The molecule has 0 amide bonds. The van der Waals surface area contributed by atoms with Crippen molar-refractivity contribution in [3.63, 3.8) is 0 Å². The summed E-state index contributed by atoms with van der Waals surface area (Å²) in [5.41, 5.74) is 5.94. The lowest BCUT2D eigenvalue weighted by atomic mass is 9.93. The number of aliphatic hydroxyl groups excluding tert-OH is 4. The summed E-state index contributed by atoms with van der Waals surface area (Å²) in [6.45, 7) is 1.13. The molecule has 0 bridgehead atoms. The minimum Gasteiger partial charge on any atom is -0.479 e. The van der Waals surface area contributed by atoms with E-state index in [0.717, 1.165) is 0 Å². The normalized spacial score (nSPS) is 48.3. The number of hydrogen-bond acceptors (Lipinski definition) is 10. The van der Waals surface area contributed by atoms with Crippen molar-refractivity contribution in [2.45, 2.75) is 68.1 Å². The Morgan fingerprint density at radius 1 is 1.12 bits per heavy atom. The predicted molar refractivity (Wildman–Crippen MR) is 79.4 cm³/mol. The number of rotatable bonds is 5. The van der Waals surface area contributed by atoms with Gasteiger partial charge in [-0.05, 0) is 6.92 Å². The van der Waals surface area contributed by atoms with Gasteiger partial charge in [-0.1, -0.05) is 0 Å². The molecule has 2 saturated heterocycles. The van der Waals surface area contributed by atoms with Crippen molar-refractivity contribution in [1.29, 1.82) is 0 Å². The molecule has 6 unspecified atom stereocenters. The lowest BCUT2D eigenvalue weighted by Gasteiger charge is -2.46. The standard InChI is InChI=1S/C14H25NO10/c1-4-6(15)10(7(17)5(3-16)23-4)24-14-9(19)8(18)11(22-2)12(25-14)13(20)21/h4-12,14,16-19H,3,15H2,1-2H3,(H,20,21)/t4-,5?,6?,7+,8?,9?,10?,11-,12?,14+/m0/s1. The van der Waals surface area contributed by atoms with E-state index in [1.165, 1.54) is 7.11 Å². The molecule has 2 heterocycles. The van der Waals surface area contributed by atoms with Gasteiger partial charge < -0.3 is 50.2 Å². The van der Waals surface area contributed by atoms with Gasteiger partial charge >= 0.3 is 5.97 Å². The number of aliphatic hydroxyl groups is 4. The zero-order valence-electron chi connectivity index (χ0n) is 13.8. The maximum atomic E-state index is 11.3. The number of aliphatic carboxylic acids is 1. The molecule has 0 aliphatic carbocycles. The van der Waals surface area contributed by atoms with Crippen LogP contribution in [0.25, 0.3) is 0 Å². The second-order valence-electron chi connectivity index (χ2n) is 6.18. The van der Waals surface area contributed by atoms with Gasteiger partial charge in [0.1, 0.15) is 36.6 Å². The van der Waals surface area contributed by atoms with Crippen LogP contribution in [-0.2, 0) is 23.7 Å². The Labute approximate surface area is 143 Å². The predicted octanol–water partition coefficient (Wildman–Crippen LogP) is -3.61. The summed E-state index contributed by atoms with van der Waals surface area (Å²) in [6, 6.07) is -0.839. The third-order valence-corrected chi connectivity index (χ3v) is 4.56. The summed E-state index contributed by atoms with van der Waals surface area (Å²) < 4.78 is 20.9. The van der Waals surface area contributed by atoms with Crippen LogP contribution in [0.2, 0.25) is 0 Å². The van der Waals surface area contributed by atoms with E-state index in [9.17, 15) is 30.3 Å². The van der Waals surface area contributed by atoms with Gasteiger partial charge in [0.25, 0.3) is 0 Å². The Morgan fingerprint density at radius 2 is 1.76 bits per heavy atom. The molecule has 2 rings (SSSR count). The van der Waals surface area contributed by atoms with Crippen molar-refractivity contribution in [3.05, 3.63) is 0 Å². The van der Waals surface area contributed by atoms with E-state index in [2.05, 4.69) is 0 Å². The molecule has 146 valence electrons. The fraction of sp³-hybridized carbons (Fsp3) is 0.929. The molecule has 10 atom stereocenters. The second-order valence-corrected chi connectivity index (χ2v) is 6.18. The molecule has 11 nitrogen and oxygen atoms in total. The third-order valence-electron chi connectivity index (χ3n) is 4.56. The molecule has 2 aliphatic rings. The Hall–Kier alpha value is -0.890. The van der Waals surface area contributed by atoms with Crippen molar-refractivity contribution < 1.29 is 49.3 Å². The lowest BCUT2D eigenvalue weighted by molar-refractivity contribution is -0.326. The lowest BCUT2D eigenvalue weighted by Crippen LogP contribution is -2.66. The van der Waals surface area contributed by atoms with E-state index < -0.39 is 73.7 Å². The molecule has 2 aliphatic heterocycles. The third kappa shape index (κ3) is 3.94. The van der Waals surface area contributed by atoms with Crippen molar-refractivity contribution in [2.75, 3.05) is 13.7 Å². The molecule has 0 spiro atoms. The van der Waals surface area contributed by atoms with E-state index in [1.807, 2.05) is 0 Å². The first-order chi connectivity index (χ1) is 11.7. The van der Waals surface area contributed by atoms with Crippen LogP contribution in [0, 0.1) is 0 Å². The fourth-order valence-corrected chi connectivity index (χ4v) is 3.04. The summed E-state index contributed by atoms with van der Waals surface area (Å²) in [7, 11) is 1.17. The van der Waals surface area contributed by atoms with Crippen LogP contribution >= 0.6 is 0 Å². The first-order valence-electron chi connectivity index (χ1n) is 7.85. The topological polar surface area (TPSA) is 181 Å². The van der Waals surface area contributed by atoms with E-state index >= 15 is 0 Å². The summed E-state index contributed by atoms with van der Waals surface area (Å²) in [5, 5.41) is 49.0. The molecule has 0 aromatic heterocycles. The number of carboxylic acids is 1. The van der Waals surface area contributed by atoms with Crippen molar-refractivity contribution in [2.24, 2.45) is 5.73 Å². The number of hydrogen-bond donors (Lipinski definition) is 6. The first kappa shape index (κ1) is 20.4. The minimum absolute atomic E-state index is 0.488. The highest BCUT2D eigenvalue weighted by atomic mass is 16.7. The van der Waals surface area contributed by atoms with Gasteiger partial charge in [0.05, 0.1) is 18.8 Å². The Kier molecular flexibility index (Phi) is 6.70. The Bertz CT molecular complexity index is 465. The first-order valence-corrected chi connectivity index (χ1v) is 7.85. The van der Waals surface area contributed by atoms with Crippen molar-refractivity contribution in [3.8, 4) is 0 Å². The molecule has 11 heteroatoms. The smallest absolute Gasteiger partial charge is 0.335 e. The maximum absolute atomic E-state index is 11.3. The van der Waals surface area contributed by atoms with Gasteiger partial charge in [0, 0.05) is 7.11 Å². The number of carboxylic acid groups (broad SMARTS) is 1. The minimum atomic E-state index is -1.63. The van der Waals surface area contributed by atoms with Gasteiger partial charge in [-0.3, -0.25) is 0 Å². The van der Waals surface area contributed by atoms with Crippen LogP contribution < -0.4 is 5.73 Å². The number of ether oxygens (including phenoxy) is 4. The largest absolute Gasteiger partial charge is 0.479 e. The zero-order valence-corrected chi connectivity index (χ0v) is 13.8. The molecule has 2 fully saturated rings. The Morgan fingerprint density at radius 3 is 2.28 bits per heavy atom. The van der Waals surface area contributed by atoms with E-state index in [1.54, 1.807) is 6.92 Å². The molecule has 0 radical (unpaired) electrons. The summed E-state index contributed by atoms with van der Waals surface area (Å²) in [6.07, 6.45) is -11.7. The molecule has 0 saturated carbocycles. The van der Waals surface area contributed by atoms with Gasteiger partial charge in [-0.2, -0.15) is 0 Å². The molecule has 25 heavy (non-hydrogen) atoms. The maximum Gasteiger partial charge on any atom is 0.335 e. The molecular weight excluding hydrogens is 342 g/mol. The fourth-order valence-electron chi connectivity index (χ4n) is 3.04.